The Kier molecular flexibility index (Phi) is 3.97. The van der Waals surface area contributed by atoms with Gasteiger partial charge < -0.3 is 4.90 Å². The van der Waals surface area contributed by atoms with Crippen LogP contribution in [0.25, 0.3) is 6.08 Å². The summed E-state index contributed by atoms with van der Waals surface area (Å²) in [7, 11) is 0. The third-order valence-corrected chi connectivity index (χ3v) is 3.97. The van der Waals surface area contributed by atoms with Gasteiger partial charge in [-0.1, -0.05) is 56.2 Å². The van der Waals surface area contributed by atoms with Crippen molar-refractivity contribution in [2.24, 2.45) is 5.92 Å². The zero-order valence-electron chi connectivity index (χ0n) is 12.8. The third-order valence-electron chi connectivity index (χ3n) is 3.97. The lowest BCUT2D eigenvalue weighted by molar-refractivity contribution is 0.706. The van der Waals surface area contributed by atoms with E-state index in [1.54, 1.807) is 0 Å². The highest BCUT2D eigenvalue weighted by atomic mass is 15.1. The maximum absolute atomic E-state index is 3.30. The van der Waals surface area contributed by atoms with E-state index in [1.807, 2.05) is 0 Å². The molecule has 1 atom stereocenters. The van der Waals surface area contributed by atoms with E-state index < -0.39 is 0 Å². The van der Waals surface area contributed by atoms with Gasteiger partial charge in [-0.15, -0.1) is 5.92 Å². The lowest BCUT2D eigenvalue weighted by Gasteiger charge is -2.28. The molecule has 0 saturated heterocycles. The molecule has 1 unspecified atom stereocenters. The average Bonchev–Trinajstić information content (AvgIpc) is 2.65. The van der Waals surface area contributed by atoms with Gasteiger partial charge in [-0.3, -0.25) is 0 Å². The van der Waals surface area contributed by atoms with E-state index in [1.165, 1.54) is 22.5 Å². The van der Waals surface area contributed by atoms with Crippen LogP contribution in [0.1, 0.15) is 32.3 Å². The molecule has 1 aliphatic heterocycles. The minimum absolute atomic E-state index is 0.609. The van der Waals surface area contributed by atoms with Crippen molar-refractivity contribution in [2.75, 3.05) is 11.4 Å². The maximum Gasteiger partial charge on any atom is 0.0843 e. The van der Waals surface area contributed by atoms with Crippen molar-refractivity contribution >= 4 is 11.8 Å². The zero-order chi connectivity index (χ0) is 14.7. The number of para-hydroxylation sites is 1. The fourth-order valence-corrected chi connectivity index (χ4v) is 2.92. The first kappa shape index (κ1) is 13.8. The molecule has 21 heavy (non-hydrogen) atoms. The molecule has 1 aliphatic carbocycles. The van der Waals surface area contributed by atoms with E-state index >= 15 is 0 Å². The molecule has 2 aliphatic rings. The Hall–Kier alpha value is -2.20. The van der Waals surface area contributed by atoms with Crippen LogP contribution in [-0.4, -0.2) is 6.54 Å². The van der Waals surface area contributed by atoms with Gasteiger partial charge in [0.2, 0.25) is 0 Å². The normalized spacial score (nSPS) is 19.5. The second-order valence-corrected chi connectivity index (χ2v) is 5.64. The third kappa shape index (κ3) is 2.81. The average molecular weight is 275 g/mol. The first-order valence-corrected chi connectivity index (χ1v) is 7.71. The molecule has 0 amide bonds. The minimum Gasteiger partial charge on any atom is -0.329 e. The Balaban J connectivity index is 2.06. The van der Waals surface area contributed by atoms with E-state index in [0.29, 0.717) is 5.92 Å². The van der Waals surface area contributed by atoms with Crippen LogP contribution in [0.2, 0.25) is 0 Å². The number of benzene rings is 1. The van der Waals surface area contributed by atoms with Crippen LogP contribution in [-0.2, 0) is 0 Å². The summed E-state index contributed by atoms with van der Waals surface area (Å²) in [5, 5.41) is 0. The van der Waals surface area contributed by atoms with Crippen LogP contribution in [0.15, 0.2) is 53.8 Å². The molecular weight excluding hydrogens is 254 g/mol. The van der Waals surface area contributed by atoms with Crippen LogP contribution < -0.4 is 4.90 Å². The largest absolute Gasteiger partial charge is 0.329 e. The van der Waals surface area contributed by atoms with E-state index in [9.17, 15) is 0 Å². The molecule has 1 nitrogen and oxygen atoms in total. The molecule has 1 heterocycles. The number of fused-ring (bicyclic) bond motifs is 1. The van der Waals surface area contributed by atoms with Crippen molar-refractivity contribution < 1.29 is 0 Å². The fraction of sp³-hybridized carbons (Fsp3) is 0.300. The smallest absolute Gasteiger partial charge is 0.0843 e. The fourth-order valence-electron chi connectivity index (χ4n) is 2.92. The molecule has 1 aromatic carbocycles. The molecule has 0 spiro atoms. The summed E-state index contributed by atoms with van der Waals surface area (Å²) >= 11 is 0. The monoisotopic (exact) mass is 275 g/mol. The summed E-state index contributed by atoms with van der Waals surface area (Å²) in [5.74, 6) is 7.10. The number of hydrogen-bond donors (Lipinski definition) is 0. The van der Waals surface area contributed by atoms with Gasteiger partial charge in [0.25, 0.3) is 0 Å². The number of anilines is 1. The first-order valence-electron chi connectivity index (χ1n) is 7.71. The Morgan fingerprint density at radius 1 is 1.14 bits per heavy atom. The number of hydrogen-bond acceptors (Lipinski definition) is 1. The molecule has 0 bridgehead atoms. The van der Waals surface area contributed by atoms with Crippen LogP contribution in [0.4, 0.5) is 5.69 Å². The van der Waals surface area contributed by atoms with Crippen LogP contribution in [0.5, 0.6) is 0 Å². The standard InChI is InChI=1S/C20H21N/c1-3-4-7-14-21-19-9-6-5-8-17(19)11-12-18-15-16(2)10-13-20(18)21/h5-6,8-13,16H,3,14-15H2,1-2H3. The summed E-state index contributed by atoms with van der Waals surface area (Å²) in [6.45, 7) is 5.12. The topological polar surface area (TPSA) is 3.24 Å². The molecule has 0 saturated carbocycles. The molecule has 106 valence electrons. The number of rotatable bonds is 1. The highest BCUT2D eigenvalue weighted by molar-refractivity contribution is 5.75. The van der Waals surface area contributed by atoms with E-state index in [-0.39, 0.29) is 0 Å². The van der Waals surface area contributed by atoms with Gasteiger partial charge in [0.05, 0.1) is 6.54 Å². The van der Waals surface area contributed by atoms with E-state index in [4.69, 9.17) is 0 Å². The predicted octanol–water partition coefficient (Wildman–Crippen LogP) is 4.78. The van der Waals surface area contributed by atoms with Crippen molar-refractivity contribution in [1.82, 2.24) is 0 Å². The lowest BCUT2D eigenvalue weighted by atomic mass is 9.93. The number of nitrogens with zero attached hydrogens (tertiary/aromatic N) is 1. The molecule has 0 fully saturated rings. The highest BCUT2D eigenvalue weighted by Gasteiger charge is 2.21. The zero-order valence-corrected chi connectivity index (χ0v) is 12.8. The Morgan fingerprint density at radius 3 is 2.86 bits per heavy atom. The van der Waals surface area contributed by atoms with Crippen LogP contribution in [0.3, 0.4) is 0 Å². The van der Waals surface area contributed by atoms with Crippen LogP contribution >= 0.6 is 0 Å². The predicted molar refractivity (Wildman–Crippen MR) is 90.8 cm³/mol. The van der Waals surface area contributed by atoms with Gasteiger partial charge >= 0.3 is 0 Å². The molecule has 0 aromatic heterocycles. The van der Waals surface area contributed by atoms with Crippen molar-refractivity contribution in [3.8, 4) is 11.8 Å². The molecule has 1 aromatic rings. The van der Waals surface area contributed by atoms with E-state index in [0.717, 1.165) is 19.4 Å². The maximum atomic E-state index is 3.30. The van der Waals surface area contributed by atoms with Gasteiger partial charge in [0.1, 0.15) is 0 Å². The minimum atomic E-state index is 0.609. The molecule has 1 heteroatoms. The molecule has 0 N–H and O–H groups in total. The molecular formula is C20H21N. The number of allylic oxidation sites excluding steroid dienone is 4. The van der Waals surface area contributed by atoms with Crippen molar-refractivity contribution in [3.63, 3.8) is 0 Å². The summed E-state index contributed by atoms with van der Waals surface area (Å²) in [6, 6.07) is 8.57. The summed E-state index contributed by atoms with van der Waals surface area (Å²) in [4.78, 5) is 2.36. The van der Waals surface area contributed by atoms with E-state index in [2.05, 4.69) is 79.2 Å². The van der Waals surface area contributed by atoms with Crippen molar-refractivity contribution in [2.45, 2.75) is 26.7 Å². The summed E-state index contributed by atoms with van der Waals surface area (Å²) in [6.07, 6.45) is 11.1. The van der Waals surface area contributed by atoms with Gasteiger partial charge in [-0.2, -0.15) is 0 Å². The van der Waals surface area contributed by atoms with Crippen molar-refractivity contribution in [3.05, 3.63) is 59.3 Å². The Labute approximate surface area is 127 Å². The van der Waals surface area contributed by atoms with Gasteiger partial charge in [-0.05, 0) is 35.6 Å². The second-order valence-electron chi connectivity index (χ2n) is 5.64. The van der Waals surface area contributed by atoms with Gasteiger partial charge in [0.15, 0.2) is 0 Å². The second kappa shape index (κ2) is 6.06. The summed E-state index contributed by atoms with van der Waals surface area (Å²) < 4.78 is 0. The molecule has 0 radical (unpaired) electrons. The van der Waals surface area contributed by atoms with Crippen LogP contribution in [0, 0.1) is 17.8 Å². The highest BCUT2D eigenvalue weighted by Crippen LogP contribution is 2.35. The van der Waals surface area contributed by atoms with Gasteiger partial charge in [0, 0.05) is 17.8 Å². The lowest BCUT2D eigenvalue weighted by Crippen LogP contribution is -2.24. The first-order chi connectivity index (χ1) is 10.3. The van der Waals surface area contributed by atoms with Gasteiger partial charge in [-0.25, -0.2) is 0 Å². The Bertz CT molecular complexity index is 679. The Morgan fingerprint density at radius 2 is 2.00 bits per heavy atom. The quantitative estimate of drug-likeness (QED) is 0.666. The molecule has 3 rings (SSSR count). The summed E-state index contributed by atoms with van der Waals surface area (Å²) in [5.41, 5.74) is 5.24. The van der Waals surface area contributed by atoms with Crippen molar-refractivity contribution in [1.29, 1.82) is 0 Å². The SMILES string of the molecule is CCC#CCN1C2=C(C=Cc3ccccc31)CC(C)C=C2.